The van der Waals surface area contributed by atoms with Gasteiger partial charge in [0.1, 0.15) is 0 Å². The lowest BCUT2D eigenvalue weighted by Gasteiger charge is -2.29. The molecular weight excluding hydrogens is 232 g/mol. The third-order valence-electron chi connectivity index (χ3n) is 3.84. The normalized spacial score (nSPS) is 25.3. The van der Waals surface area contributed by atoms with Gasteiger partial charge in [-0.3, -0.25) is 9.59 Å². The van der Waals surface area contributed by atoms with Crippen LogP contribution in [-0.4, -0.2) is 35.6 Å². The van der Waals surface area contributed by atoms with Gasteiger partial charge in [0.15, 0.2) is 0 Å². The summed E-state index contributed by atoms with van der Waals surface area (Å²) in [5, 5.41) is 15.1. The summed E-state index contributed by atoms with van der Waals surface area (Å²) in [5.74, 6) is -1.39. The lowest BCUT2D eigenvalue weighted by molar-refractivity contribution is -0.143. The number of likely N-dealkylation sites (N-methyl/N-ethyl adjacent to an activating group) is 1. The van der Waals surface area contributed by atoms with Gasteiger partial charge in [-0.15, -0.1) is 0 Å². The highest BCUT2D eigenvalue weighted by atomic mass is 16.4. The van der Waals surface area contributed by atoms with Gasteiger partial charge in [-0.25, -0.2) is 0 Å². The van der Waals surface area contributed by atoms with E-state index in [1.807, 2.05) is 0 Å². The van der Waals surface area contributed by atoms with E-state index in [0.717, 1.165) is 25.7 Å². The van der Waals surface area contributed by atoms with E-state index in [2.05, 4.69) is 10.6 Å². The first kappa shape index (κ1) is 15.0. The molecule has 0 spiro atoms. The van der Waals surface area contributed by atoms with Crippen LogP contribution in [0.25, 0.3) is 0 Å². The van der Waals surface area contributed by atoms with Gasteiger partial charge in [0.25, 0.3) is 0 Å². The second-order valence-corrected chi connectivity index (χ2v) is 5.54. The molecule has 3 N–H and O–H groups in total. The largest absolute Gasteiger partial charge is 0.481 e. The minimum Gasteiger partial charge on any atom is -0.481 e. The lowest BCUT2D eigenvalue weighted by atomic mass is 9.93. The summed E-state index contributed by atoms with van der Waals surface area (Å²) in [7, 11) is 1.72. The SMILES string of the molecule is CNC(C)(C)C(=O)NC1CCCCCC1C(=O)O. The lowest BCUT2D eigenvalue weighted by Crippen LogP contribution is -2.55. The molecule has 0 aromatic carbocycles. The zero-order valence-electron chi connectivity index (χ0n) is 11.5. The van der Waals surface area contributed by atoms with Crippen LogP contribution in [0.1, 0.15) is 46.0 Å². The molecule has 0 heterocycles. The predicted octanol–water partition coefficient (Wildman–Crippen LogP) is 1.13. The molecule has 0 saturated heterocycles. The van der Waals surface area contributed by atoms with Gasteiger partial charge < -0.3 is 15.7 Å². The van der Waals surface area contributed by atoms with Crippen LogP contribution in [0.2, 0.25) is 0 Å². The number of rotatable bonds is 4. The second kappa shape index (κ2) is 6.18. The minimum atomic E-state index is -0.801. The highest BCUT2D eigenvalue weighted by Crippen LogP contribution is 2.24. The fraction of sp³-hybridized carbons (Fsp3) is 0.846. The molecule has 104 valence electrons. The average Bonchev–Trinajstić information content (AvgIpc) is 2.54. The molecule has 1 aliphatic rings. The summed E-state index contributed by atoms with van der Waals surface area (Å²) in [6, 6.07) is -0.245. The monoisotopic (exact) mass is 256 g/mol. The van der Waals surface area contributed by atoms with Gasteiger partial charge >= 0.3 is 5.97 Å². The van der Waals surface area contributed by atoms with Crippen molar-refractivity contribution in [2.24, 2.45) is 5.92 Å². The van der Waals surface area contributed by atoms with Crippen LogP contribution in [0, 0.1) is 5.92 Å². The zero-order valence-corrected chi connectivity index (χ0v) is 11.5. The first-order valence-electron chi connectivity index (χ1n) is 6.61. The Morgan fingerprint density at radius 3 is 2.33 bits per heavy atom. The minimum absolute atomic E-state index is 0.136. The quantitative estimate of drug-likeness (QED) is 0.659. The molecule has 5 heteroatoms. The molecule has 5 nitrogen and oxygen atoms in total. The molecule has 1 fully saturated rings. The van der Waals surface area contributed by atoms with Gasteiger partial charge in [0.2, 0.25) is 5.91 Å². The number of hydrogen-bond donors (Lipinski definition) is 3. The third kappa shape index (κ3) is 3.70. The van der Waals surface area contributed by atoms with Crippen molar-refractivity contribution < 1.29 is 14.7 Å². The molecule has 0 aliphatic heterocycles. The van der Waals surface area contributed by atoms with Crippen molar-refractivity contribution in [1.82, 2.24) is 10.6 Å². The molecule has 0 bridgehead atoms. The fourth-order valence-corrected chi connectivity index (χ4v) is 2.24. The Morgan fingerprint density at radius 2 is 1.78 bits per heavy atom. The number of carbonyl (C=O) groups is 2. The van der Waals surface area contributed by atoms with Crippen molar-refractivity contribution in [2.45, 2.75) is 57.5 Å². The van der Waals surface area contributed by atoms with Crippen LogP contribution in [-0.2, 0) is 9.59 Å². The third-order valence-corrected chi connectivity index (χ3v) is 3.84. The number of carboxylic acids is 1. The molecule has 1 rings (SSSR count). The Kier molecular flexibility index (Phi) is 5.14. The number of aliphatic carboxylic acids is 1. The summed E-state index contributed by atoms with van der Waals surface area (Å²) in [4.78, 5) is 23.3. The zero-order chi connectivity index (χ0) is 13.8. The van der Waals surface area contributed by atoms with Crippen LogP contribution >= 0.6 is 0 Å². The predicted molar refractivity (Wildman–Crippen MR) is 69.3 cm³/mol. The average molecular weight is 256 g/mol. The van der Waals surface area contributed by atoms with E-state index in [4.69, 9.17) is 0 Å². The topological polar surface area (TPSA) is 78.4 Å². The Bertz CT molecular complexity index is 315. The van der Waals surface area contributed by atoms with Crippen molar-refractivity contribution in [3.05, 3.63) is 0 Å². The van der Waals surface area contributed by atoms with Gasteiger partial charge in [-0.05, 0) is 33.7 Å². The van der Waals surface area contributed by atoms with Gasteiger partial charge in [-0.2, -0.15) is 0 Å². The number of carboxylic acid groups (broad SMARTS) is 1. The van der Waals surface area contributed by atoms with Gasteiger partial charge in [0.05, 0.1) is 11.5 Å². The number of carbonyl (C=O) groups excluding carboxylic acids is 1. The van der Waals surface area contributed by atoms with E-state index in [9.17, 15) is 14.7 Å². The maximum absolute atomic E-state index is 12.1. The fourth-order valence-electron chi connectivity index (χ4n) is 2.24. The molecule has 2 unspecified atom stereocenters. The maximum atomic E-state index is 12.1. The second-order valence-electron chi connectivity index (χ2n) is 5.54. The van der Waals surface area contributed by atoms with Gasteiger partial charge in [-0.1, -0.05) is 19.3 Å². The molecule has 1 amide bonds. The molecule has 0 aromatic rings. The highest BCUT2D eigenvalue weighted by molar-refractivity contribution is 5.86. The Balaban J connectivity index is 2.72. The number of amides is 1. The van der Waals surface area contributed by atoms with Crippen LogP contribution in [0.4, 0.5) is 0 Å². The Hall–Kier alpha value is -1.10. The van der Waals surface area contributed by atoms with E-state index in [1.54, 1.807) is 20.9 Å². The molecular formula is C13H24N2O3. The highest BCUT2D eigenvalue weighted by Gasteiger charge is 2.34. The summed E-state index contributed by atoms with van der Waals surface area (Å²) < 4.78 is 0. The molecule has 18 heavy (non-hydrogen) atoms. The summed E-state index contributed by atoms with van der Waals surface area (Å²) in [6.07, 6.45) is 4.36. The number of hydrogen-bond acceptors (Lipinski definition) is 3. The van der Waals surface area contributed by atoms with Crippen LogP contribution in [0.15, 0.2) is 0 Å². The van der Waals surface area contributed by atoms with Crippen molar-refractivity contribution in [1.29, 1.82) is 0 Å². The van der Waals surface area contributed by atoms with Crippen molar-refractivity contribution >= 4 is 11.9 Å². The van der Waals surface area contributed by atoms with Crippen molar-refractivity contribution in [3.8, 4) is 0 Å². The van der Waals surface area contributed by atoms with Crippen molar-refractivity contribution in [2.75, 3.05) is 7.05 Å². The number of nitrogens with one attached hydrogen (secondary N) is 2. The Morgan fingerprint density at radius 1 is 1.17 bits per heavy atom. The summed E-state index contributed by atoms with van der Waals surface area (Å²) >= 11 is 0. The van der Waals surface area contributed by atoms with E-state index < -0.39 is 17.4 Å². The van der Waals surface area contributed by atoms with E-state index in [0.29, 0.717) is 6.42 Å². The molecule has 1 aliphatic carbocycles. The van der Waals surface area contributed by atoms with Crippen LogP contribution in [0.5, 0.6) is 0 Å². The Labute approximate surface area is 108 Å². The van der Waals surface area contributed by atoms with Crippen molar-refractivity contribution in [3.63, 3.8) is 0 Å². The molecule has 0 radical (unpaired) electrons. The molecule has 2 atom stereocenters. The summed E-state index contributed by atoms with van der Waals surface area (Å²) in [6.45, 7) is 3.57. The van der Waals surface area contributed by atoms with E-state index >= 15 is 0 Å². The first-order valence-corrected chi connectivity index (χ1v) is 6.61. The molecule has 1 saturated carbocycles. The van der Waals surface area contributed by atoms with Crippen LogP contribution < -0.4 is 10.6 Å². The molecule has 0 aromatic heterocycles. The first-order chi connectivity index (χ1) is 8.38. The van der Waals surface area contributed by atoms with E-state index in [-0.39, 0.29) is 11.9 Å². The van der Waals surface area contributed by atoms with E-state index in [1.165, 1.54) is 0 Å². The van der Waals surface area contributed by atoms with Crippen LogP contribution in [0.3, 0.4) is 0 Å². The maximum Gasteiger partial charge on any atom is 0.308 e. The smallest absolute Gasteiger partial charge is 0.308 e. The summed E-state index contributed by atoms with van der Waals surface area (Å²) in [5.41, 5.74) is -0.671. The standard InChI is InChI=1S/C13H24N2O3/c1-13(2,14-3)12(18)15-10-8-6-4-5-7-9(10)11(16)17/h9-10,14H,4-8H2,1-3H3,(H,15,18)(H,16,17). The van der Waals surface area contributed by atoms with Gasteiger partial charge in [0, 0.05) is 6.04 Å².